The summed E-state index contributed by atoms with van der Waals surface area (Å²) in [6.45, 7) is 0. The van der Waals surface area contributed by atoms with Gasteiger partial charge in [-0.05, 0) is 29.8 Å². The van der Waals surface area contributed by atoms with Crippen LogP contribution in [0.2, 0.25) is 0 Å². The maximum Gasteiger partial charge on any atom is 0.269 e. The Bertz CT molecular complexity index is 860. The molecule has 0 amide bonds. The van der Waals surface area contributed by atoms with Crippen molar-refractivity contribution < 1.29 is 4.92 Å². The van der Waals surface area contributed by atoms with Crippen LogP contribution in [0.4, 0.5) is 10.8 Å². The zero-order valence-corrected chi connectivity index (χ0v) is 14.0. The summed E-state index contributed by atoms with van der Waals surface area (Å²) in [6, 6.07) is 13.9. The molecule has 3 aromatic rings. The Labute approximate surface area is 143 Å². The van der Waals surface area contributed by atoms with Gasteiger partial charge in [-0.15, -0.1) is 10.2 Å². The van der Waals surface area contributed by atoms with Gasteiger partial charge in [0, 0.05) is 28.4 Å². The number of nitro benzene ring substituents is 1. The van der Waals surface area contributed by atoms with E-state index in [1.54, 1.807) is 18.3 Å². The summed E-state index contributed by atoms with van der Waals surface area (Å²) in [6.07, 6.45) is 1.71. The molecule has 0 aliphatic rings. The van der Waals surface area contributed by atoms with Crippen LogP contribution in [0, 0.1) is 10.1 Å². The number of non-ortho nitro benzene ring substituents is 1. The van der Waals surface area contributed by atoms with Crippen molar-refractivity contribution in [1.82, 2.24) is 10.2 Å². The zero-order chi connectivity index (χ0) is 16.2. The molecule has 1 heterocycles. The van der Waals surface area contributed by atoms with Gasteiger partial charge in [-0.25, -0.2) is 4.99 Å². The van der Waals surface area contributed by atoms with Gasteiger partial charge in [0.25, 0.3) is 5.69 Å². The lowest BCUT2D eigenvalue weighted by Gasteiger charge is -1.94. The molecule has 114 valence electrons. The van der Waals surface area contributed by atoms with Crippen molar-refractivity contribution in [2.75, 3.05) is 0 Å². The predicted octanol–water partition coefficient (Wildman–Crippen LogP) is 4.63. The molecule has 1 aromatic heterocycles. The molecular formula is C15H9BrN4O2S. The second-order valence-corrected chi connectivity index (χ2v) is 6.38. The van der Waals surface area contributed by atoms with Crippen LogP contribution in [-0.4, -0.2) is 21.3 Å². The second kappa shape index (κ2) is 6.76. The van der Waals surface area contributed by atoms with Crippen molar-refractivity contribution in [2.45, 2.75) is 0 Å². The average molecular weight is 389 g/mol. The van der Waals surface area contributed by atoms with Crippen LogP contribution in [-0.2, 0) is 0 Å². The van der Waals surface area contributed by atoms with E-state index in [4.69, 9.17) is 0 Å². The third-order valence-electron chi connectivity index (χ3n) is 2.93. The van der Waals surface area contributed by atoms with E-state index in [9.17, 15) is 10.1 Å². The van der Waals surface area contributed by atoms with E-state index in [0.29, 0.717) is 10.1 Å². The minimum atomic E-state index is -0.433. The molecule has 0 fully saturated rings. The Morgan fingerprint density at radius 1 is 1.09 bits per heavy atom. The highest BCUT2D eigenvalue weighted by Crippen LogP contribution is 2.29. The van der Waals surface area contributed by atoms with E-state index in [0.717, 1.165) is 15.6 Å². The van der Waals surface area contributed by atoms with Crippen molar-refractivity contribution in [1.29, 1.82) is 0 Å². The fraction of sp³-hybridized carbons (Fsp3) is 0. The molecule has 0 aliphatic carbocycles. The molecule has 3 rings (SSSR count). The molecule has 0 radical (unpaired) electrons. The Morgan fingerprint density at radius 2 is 1.78 bits per heavy atom. The largest absolute Gasteiger partial charge is 0.269 e. The summed E-state index contributed by atoms with van der Waals surface area (Å²) in [5, 5.41) is 19.9. The van der Waals surface area contributed by atoms with Gasteiger partial charge >= 0.3 is 0 Å². The number of nitro groups is 1. The van der Waals surface area contributed by atoms with Crippen LogP contribution in [0.15, 0.2) is 58.0 Å². The van der Waals surface area contributed by atoms with E-state index in [2.05, 4.69) is 31.1 Å². The van der Waals surface area contributed by atoms with Gasteiger partial charge in [-0.1, -0.05) is 39.4 Å². The maximum absolute atomic E-state index is 10.7. The monoisotopic (exact) mass is 388 g/mol. The zero-order valence-electron chi connectivity index (χ0n) is 11.6. The first kappa shape index (κ1) is 15.4. The van der Waals surface area contributed by atoms with E-state index < -0.39 is 4.92 Å². The molecule has 0 aliphatic heterocycles. The Kier molecular flexibility index (Phi) is 4.54. The topological polar surface area (TPSA) is 81.3 Å². The summed E-state index contributed by atoms with van der Waals surface area (Å²) in [5.74, 6) is 0. The van der Waals surface area contributed by atoms with Gasteiger partial charge in [0.1, 0.15) is 5.01 Å². The van der Waals surface area contributed by atoms with Crippen LogP contribution in [0.5, 0.6) is 0 Å². The molecule has 0 N–H and O–H groups in total. The number of hydrogen-bond acceptors (Lipinski definition) is 6. The molecule has 23 heavy (non-hydrogen) atoms. The van der Waals surface area contributed by atoms with Gasteiger partial charge in [0.05, 0.1) is 4.92 Å². The molecule has 0 spiro atoms. The van der Waals surface area contributed by atoms with Crippen molar-refractivity contribution in [3.63, 3.8) is 0 Å². The normalized spacial score (nSPS) is 11.0. The first-order valence-electron chi connectivity index (χ1n) is 6.50. The molecule has 0 saturated carbocycles. The molecule has 0 unspecified atom stereocenters. The summed E-state index contributed by atoms with van der Waals surface area (Å²) >= 11 is 4.70. The number of rotatable bonds is 4. The Morgan fingerprint density at radius 3 is 2.43 bits per heavy atom. The minimum absolute atomic E-state index is 0.0479. The number of nitrogens with zero attached hydrogens (tertiary/aromatic N) is 4. The molecule has 8 heteroatoms. The third kappa shape index (κ3) is 3.85. The standard InChI is InChI=1S/C15H9BrN4O2S/c16-12-5-1-10(2-6-12)9-17-15-19-18-14(23-15)11-3-7-13(8-4-11)20(21)22/h1-9H/b17-9+. The van der Waals surface area contributed by atoms with Crippen LogP contribution in [0.25, 0.3) is 10.6 Å². The van der Waals surface area contributed by atoms with Crippen LogP contribution in [0.1, 0.15) is 5.56 Å². The van der Waals surface area contributed by atoms with Crippen molar-refractivity contribution in [3.8, 4) is 10.6 Å². The van der Waals surface area contributed by atoms with E-state index in [-0.39, 0.29) is 5.69 Å². The van der Waals surface area contributed by atoms with Gasteiger partial charge in [0.2, 0.25) is 5.13 Å². The number of halogens is 1. The summed E-state index contributed by atoms with van der Waals surface area (Å²) in [5.41, 5.74) is 1.78. The highest BCUT2D eigenvalue weighted by atomic mass is 79.9. The molecule has 6 nitrogen and oxygen atoms in total. The van der Waals surface area contributed by atoms with Gasteiger partial charge < -0.3 is 0 Å². The highest BCUT2D eigenvalue weighted by molar-refractivity contribution is 9.10. The highest BCUT2D eigenvalue weighted by Gasteiger charge is 2.09. The summed E-state index contributed by atoms with van der Waals surface area (Å²) in [7, 11) is 0. The van der Waals surface area contributed by atoms with Gasteiger partial charge in [-0.2, -0.15) is 0 Å². The minimum Gasteiger partial charge on any atom is -0.258 e. The molecule has 0 atom stereocenters. The molecular weight excluding hydrogens is 380 g/mol. The lowest BCUT2D eigenvalue weighted by molar-refractivity contribution is -0.384. The maximum atomic E-state index is 10.7. The average Bonchev–Trinajstić information content (AvgIpc) is 3.03. The predicted molar refractivity (Wildman–Crippen MR) is 93.4 cm³/mol. The first-order chi connectivity index (χ1) is 11.1. The van der Waals surface area contributed by atoms with Crippen molar-refractivity contribution in [3.05, 3.63) is 68.7 Å². The summed E-state index contributed by atoms with van der Waals surface area (Å²) < 4.78 is 1.01. The van der Waals surface area contributed by atoms with Crippen molar-refractivity contribution >= 4 is 44.3 Å². The molecule has 0 bridgehead atoms. The van der Waals surface area contributed by atoms with Crippen LogP contribution in [0.3, 0.4) is 0 Å². The summed E-state index contributed by atoms with van der Waals surface area (Å²) in [4.78, 5) is 14.5. The van der Waals surface area contributed by atoms with E-state index >= 15 is 0 Å². The number of hydrogen-bond donors (Lipinski definition) is 0. The number of aromatic nitrogens is 2. The second-order valence-electron chi connectivity index (χ2n) is 4.50. The fourth-order valence-corrected chi connectivity index (χ4v) is 2.75. The van der Waals surface area contributed by atoms with Crippen LogP contribution < -0.4 is 0 Å². The lowest BCUT2D eigenvalue weighted by atomic mass is 10.2. The van der Waals surface area contributed by atoms with Crippen molar-refractivity contribution in [2.24, 2.45) is 4.99 Å². The van der Waals surface area contributed by atoms with E-state index in [1.807, 2.05) is 24.3 Å². The molecule has 0 saturated heterocycles. The smallest absolute Gasteiger partial charge is 0.258 e. The fourth-order valence-electron chi connectivity index (χ4n) is 1.79. The first-order valence-corrected chi connectivity index (χ1v) is 8.11. The Balaban J connectivity index is 1.77. The Hall–Kier alpha value is -2.45. The molecule has 2 aromatic carbocycles. The number of aliphatic imine (C=N–C) groups is 1. The third-order valence-corrected chi connectivity index (χ3v) is 4.34. The van der Waals surface area contributed by atoms with E-state index in [1.165, 1.54) is 23.5 Å². The number of benzene rings is 2. The van der Waals surface area contributed by atoms with Gasteiger partial charge in [0.15, 0.2) is 0 Å². The SMILES string of the molecule is O=[N+]([O-])c1ccc(-c2nnc(/N=C/c3ccc(Br)cc3)s2)cc1. The lowest BCUT2D eigenvalue weighted by Crippen LogP contribution is -1.86. The quantitative estimate of drug-likeness (QED) is 0.370. The van der Waals surface area contributed by atoms with Gasteiger partial charge in [-0.3, -0.25) is 10.1 Å². The van der Waals surface area contributed by atoms with Crippen LogP contribution >= 0.6 is 27.3 Å².